The van der Waals surface area contributed by atoms with Crippen molar-refractivity contribution < 1.29 is 0 Å². The second kappa shape index (κ2) is 6.85. The summed E-state index contributed by atoms with van der Waals surface area (Å²) in [6.45, 7) is 7.45. The van der Waals surface area contributed by atoms with Crippen LogP contribution in [-0.2, 0) is 19.5 Å². The van der Waals surface area contributed by atoms with Crippen molar-refractivity contribution in [2.75, 3.05) is 6.54 Å². The van der Waals surface area contributed by atoms with Crippen LogP contribution >= 0.6 is 0 Å². The third-order valence-corrected chi connectivity index (χ3v) is 4.93. The molecule has 0 saturated heterocycles. The van der Waals surface area contributed by atoms with Gasteiger partial charge in [0, 0.05) is 36.8 Å². The summed E-state index contributed by atoms with van der Waals surface area (Å²) in [5.74, 6) is 0. The summed E-state index contributed by atoms with van der Waals surface area (Å²) in [7, 11) is 0. The summed E-state index contributed by atoms with van der Waals surface area (Å²) in [5.41, 5.74) is 6.64. The van der Waals surface area contributed by atoms with Crippen LogP contribution in [0, 0.1) is 0 Å². The largest absolute Gasteiger partial charge is 0.293 e. The molecule has 0 saturated carbocycles. The highest BCUT2D eigenvalue weighted by Crippen LogP contribution is 2.32. The fraction of sp³-hybridized carbons (Fsp3) is 0.318. The van der Waals surface area contributed by atoms with Crippen molar-refractivity contribution in [1.82, 2.24) is 14.7 Å². The van der Waals surface area contributed by atoms with E-state index in [1.807, 2.05) is 0 Å². The van der Waals surface area contributed by atoms with E-state index in [4.69, 9.17) is 5.10 Å². The highest BCUT2D eigenvalue weighted by atomic mass is 15.3. The Morgan fingerprint density at radius 2 is 1.64 bits per heavy atom. The Morgan fingerprint density at radius 3 is 2.32 bits per heavy atom. The Morgan fingerprint density at radius 1 is 0.960 bits per heavy atom. The quantitative estimate of drug-likeness (QED) is 0.691. The molecule has 3 heteroatoms. The van der Waals surface area contributed by atoms with Gasteiger partial charge in [-0.3, -0.25) is 9.58 Å². The third kappa shape index (κ3) is 3.24. The van der Waals surface area contributed by atoms with Crippen LogP contribution in [0.5, 0.6) is 0 Å². The van der Waals surface area contributed by atoms with Crippen molar-refractivity contribution in [2.24, 2.45) is 0 Å². The van der Waals surface area contributed by atoms with Crippen molar-refractivity contribution in [3.63, 3.8) is 0 Å². The van der Waals surface area contributed by atoms with Gasteiger partial charge in [-0.05, 0) is 25.8 Å². The molecular weight excluding hydrogens is 306 g/mol. The fourth-order valence-corrected chi connectivity index (χ4v) is 3.72. The summed E-state index contributed by atoms with van der Waals surface area (Å²) < 4.78 is 2.21. The van der Waals surface area contributed by atoms with E-state index >= 15 is 0 Å². The van der Waals surface area contributed by atoms with Crippen molar-refractivity contribution in [2.45, 2.75) is 39.4 Å². The molecule has 128 valence electrons. The number of benzene rings is 2. The average molecular weight is 331 g/mol. The van der Waals surface area contributed by atoms with Crippen molar-refractivity contribution in [1.29, 1.82) is 0 Å². The van der Waals surface area contributed by atoms with Gasteiger partial charge in [0.2, 0.25) is 0 Å². The van der Waals surface area contributed by atoms with E-state index in [-0.39, 0.29) is 0 Å². The van der Waals surface area contributed by atoms with Crippen LogP contribution in [0.2, 0.25) is 0 Å². The zero-order valence-electron chi connectivity index (χ0n) is 15.0. The zero-order valence-corrected chi connectivity index (χ0v) is 15.0. The molecule has 1 aliphatic rings. The molecule has 0 aliphatic carbocycles. The molecule has 4 rings (SSSR count). The van der Waals surface area contributed by atoms with Gasteiger partial charge < -0.3 is 0 Å². The van der Waals surface area contributed by atoms with Crippen LogP contribution < -0.4 is 0 Å². The maximum atomic E-state index is 4.99. The maximum Gasteiger partial charge on any atom is 0.0804 e. The molecule has 0 amide bonds. The van der Waals surface area contributed by atoms with Gasteiger partial charge in [-0.25, -0.2) is 0 Å². The van der Waals surface area contributed by atoms with Crippen molar-refractivity contribution in [3.05, 3.63) is 77.5 Å². The Balaban J connectivity index is 1.65. The Kier molecular flexibility index (Phi) is 4.41. The number of nitrogens with zero attached hydrogens (tertiary/aromatic N) is 3. The minimum absolute atomic E-state index is 0.364. The lowest BCUT2D eigenvalue weighted by Gasteiger charge is -2.26. The van der Waals surface area contributed by atoms with E-state index in [2.05, 4.69) is 84.1 Å². The molecule has 0 fully saturated rings. The number of hydrogen-bond acceptors (Lipinski definition) is 2. The molecule has 0 bridgehead atoms. The lowest BCUT2D eigenvalue weighted by Crippen LogP contribution is -2.30. The minimum atomic E-state index is 0.364. The summed E-state index contributed by atoms with van der Waals surface area (Å²) in [5, 5.41) is 4.99. The molecule has 3 nitrogen and oxygen atoms in total. The van der Waals surface area contributed by atoms with Gasteiger partial charge >= 0.3 is 0 Å². The van der Waals surface area contributed by atoms with Gasteiger partial charge in [-0.15, -0.1) is 0 Å². The molecule has 0 unspecified atom stereocenters. The van der Waals surface area contributed by atoms with Gasteiger partial charge in [0.1, 0.15) is 0 Å². The minimum Gasteiger partial charge on any atom is -0.293 e. The van der Waals surface area contributed by atoms with Crippen LogP contribution in [0.25, 0.3) is 11.3 Å². The first-order valence-corrected chi connectivity index (χ1v) is 9.14. The average Bonchev–Trinajstić information content (AvgIpc) is 3.02. The summed E-state index contributed by atoms with van der Waals surface area (Å²) in [4.78, 5) is 2.50. The Bertz CT molecular complexity index is 834. The van der Waals surface area contributed by atoms with E-state index in [0.717, 1.165) is 26.1 Å². The second-order valence-electron chi connectivity index (χ2n) is 7.12. The predicted octanol–water partition coefficient (Wildman–Crippen LogP) is 4.69. The molecule has 1 aromatic heterocycles. The van der Waals surface area contributed by atoms with Gasteiger partial charge in [0.15, 0.2) is 0 Å². The monoisotopic (exact) mass is 331 g/mol. The first-order chi connectivity index (χ1) is 12.2. The van der Waals surface area contributed by atoms with E-state index in [1.54, 1.807) is 0 Å². The number of aromatic nitrogens is 2. The lowest BCUT2D eigenvalue weighted by atomic mass is 9.99. The molecule has 0 radical (unpaired) electrons. The molecular formula is C22H25N3. The van der Waals surface area contributed by atoms with Gasteiger partial charge in [-0.1, -0.05) is 60.7 Å². The smallest absolute Gasteiger partial charge is 0.0804 e. The van der Waals surface area contributed by atoms with E-state index in [0.29, 0.717) is 6.04 Å². The van der Waals surface area contributed by atoms with Crippen LogP contribution in [0.1, 0.15) is 36.7 Å². The number of fused-ring (bicyclic) bond motifs is 1. The molecule has 2 aromatic carbocycles. The molecule has 0 atom stereocenters. The summed E-state index contributed by atoms with van der Waals surface area (Å²) in [6.07, 6.45) is 1.07. The van der Waals surface area contributed by atoms with Crippen LogP contribution in [0.15, 0.2) is 60.7 Å². The lowest BCUT2D eigenvalue weighted by molar-refractivity contribution is 0.242. The Hall–Kier alpha value is -2.39. The predicted molar refractivity (Wildman–Crippen MR) is 102 cm³/mol. The topological polar surface area (TPSA) is 21.1 Å². The van der Waals surface area contributed by atoms with Crippen molar-refractivity contribution in [3.8, 4) is 11.3 Å². The summed E-state index contributed by atoms with van der Waals surface area (Å²) >= 11 is 0. The van der Waals surface area contributed by atoms with Gasteiger partial charge in [0.05, 0.1) is 11.4 Å². The SMILES string of the molecule is CC(C)n1nc2c(c1-c1ccccc1)CCN(Cc1ccccc1)C2. The molecule has 0 N–H and O–H groups in total. The maximum absolute atomic E-state index is 4.99. The first-order valence-electron chi connectivity index (χ1n) is 9.14. The molecule has 25 heavy (non-hydrogen) atoms. The molecule has 3 aromatic rings. The number of rotatable bonds is 4. The third-order valence-electron chi connectivity index (χ3n) is 4.93. The van der Waals surface area contributed by atoms with Gasteiger partial charge in [-0.2, -0.15) is 5.10 Å². The normalized spacial score (nSPS) is 14.7. The second-order valence-corrected chi connectivity index (χ2v) is 7.12. The standard InChI is InChI=1S/C22H25N3/c1-17(2)25-22(19-11-7-4-8-12-19)20-13-14-24(16-21(20)23-25)15-18-9-5-3-6-10-18/h3-12,17H,13-16H2,1-2H3. The highest BCUT2D eigenvalue weighted by molar-refractivity contribution is 5.65. The highest BCUT2D eigenvalue weighted by Gasteiger charge is 2.26. The fourth-order valence-electron chi connectivity index (χ4n) is 3.72. The van der Waals surface area contributed by atoms with E-state index in [1.165, 1.54) is 28.1 Å². The van der Waals surface area contributed by atoms with Crippen LogP contribution in [0.3, 0.4) is 0 Å². The van der Waals surface area contributed by atoms with E-state index in [9.17, 15) is 0 Å². The summed E-state index contributed by atoms with van der Waals surface area (Å²) in [6, 6.07) is 21.8. The molecule has 1 aliphatic heterocycles. The van der Waals surface area contributed by atoms with Gasteiger partial charge in [0.25, 0.3) is 0 Å². The molecule has 2 heterocycles. The van der Waals surface area contributed by atoms with Crippen LogP contribution in [-0.4, -0.2) is 21.2 Å². The first kappa shape index (κ1) is 16.1. The number of hydrogen-bond donors (Lipinski definition) is 0. The Labute approximate surface area is 149 Å². The van der Waals surface area contributed by atoms with Crippen molar-refractivity contribution >= 4 is 0 Å². The molecule has 0 spiro atoms. The van der Waals surface area contributed by atoms with E-state index < -0.39 is 0 Å². The van der Waals surface area contributed by atoms with Crippen LogP contribution in [0.4, 0.5) is 0 Å². The zero-order chi connectivity index (χ0) is 17.2.